The van der Waals surface area contributed by atoms with Crippen molar-refractivity contribution < 1.29 is 19.6 Å². The highest BCUT2D eigenvalue weighted by atomic mass is 16.6. The highest BCUT2D eigenvalue weighted by Crippen LogP contribution is 2.26. The first-order chi connectivity index (χ1) is 11.5. The van der Waals surface area contributed by atoms with Gasteiger partial charge in [-0.15, -0.1) is 0 Å². The Kier molecular flexibility index (Phi) is 6.25. The van der Waals surface area contributed by atoms with Crippen molar-refractivity contribution in [2.24, 2.45) is 5.92 Å². The van der Waals surface area contributed by atoms with Gasteiger partial charge in [0.05, 0.1) is 11.0 Å². The van der Waals surface area contributed by atoms with Crippen LogP contribution in [0.4, 0.5) is 11.4 Å². The summed E-state index contributed by atoms with van der Waals surface area (Å²) < 4.78 is 0. The van der Waals surface area contributed by atoms with Gasteiger partial charge in [0.15, 0.2) is 0 Å². The molecule has 0 saturated heterocycles. The number of aliphatic hydroxyl groups excluding tert-OH is 1. The first-order valence-corrected chi connectivity index (χ1v) is 7.99. The highest BCUT2D eigenvalue weighted by Gasteiger charge is 2.23. The van der Waals surface area contributed by atoms with Gasteiger partial charge in [-0.25, -0.2) is 0 Å². The van der Waals surface area contributed by atoms with E-state index >= 15 is 0 Å². The van der Waals surface area contributed by atoms with Crippen LogP contribution in [-0.2, 0) is 9.59 Å². The molecule has 0 bridgehead atoms. The standard InChI is InChI=1S/C16H21N3O5/c20-14(11-4-2-1-3-5-11)10-17-15(21)16(22)18-12-6-8-13(9-7-12)19(23)24/h6-9,11,14,20H,1-5,10H2,(H,17,21)(H,18,22). The van der Waals surface area contributed by atoms with E-state index in [4.69, 9.17) is 0 Å². The molecule has 8 heteroatoms. The van der Waals surface area contributed by atoms with Gasteiger partial charge in [0.25, 0.3) is 5.69 Å². The average Bonchev–Trinajstić information content (AvgIpc) is 2.60. The Bertz CT molecular complexity index is 596. The molecular formula is C16H21N3O5. The number of nitrogens with one attached hydrogen (secondary N) is 2. The fourth-order valence-corrected chi connectivity index (χ4v) is 2.82. The molecule has 1 aliphatic rings. The third-order valence-corrected chi connectivity index (χ3v) is 4.21. The summed E-state index contributed by atoms with van der Waals surface area (Å²) in [6, 6.07) is 5.17. The molecule has 0 aliphatic heterocycles. The molecule has 0 heterocycles. The zero-order valence-corrected chi connectivity index (χ0v) is 13.2. The van der Waals surface area contributed by atoms with E-state index in [0.717, 1.165) is 25.7 Å². The number of non-ortho nitro benzene ring substituents is 1. The Balaban J connectivity index is 1.79. The maximum Gasteiger partial charge on any atom is 0.313 e. The van der Waals surface area contributed by atoms with E-state index in [-0.39, 0.29) is 23.8 Å². The lowest BCUT2D eigenvalue weighted by Gasteiger charge is -2.26. The summed E-state index contributed by atoms with van der Waals surface area (Å²) in [6.45, 7) is 0.0389. The molecule has 0 spiro atoms. The van der Waals surface area contributed by atoms with Crippen LogP contribution in [0.2, 0.25) is 0 Å². The molecule has 1 unspecified atom stereocenters. The normalized spacial score (nSPS) is 16.2. The van der Waals surface area contributed by atoms with Crippen molar-refractivity contribution in [2.45, 2.75) is 38.2 Å². The molecule has 1 atom stereocenters. The zero-order chi connectivity index (χ0) is 17.5. The van der Waals surface area contributed by atoms with Crippen molar-refractivity contribution >= 4 is 23.2 Å². The molecule has 2 amide bonds. The SMILES string of the molecule is O=C(NCC(O)C1CCCCC1)C(=O)Nc1ccc([N+](=O)[O-])cc1. The number of anilines is 1. The molecule has 1 aromatic carbocycles. The van der Waals surface area contributed by atoms with Crippen LogP contribution in [-0.4, -0.2) is 34.5 Å². The summed E-state index contributed by atoms with van der Waals surface area (Å²) in [6.07, 6.45) is 4.55. The van der Waals surface area contributed by atoms with Gasteiger partial charge in [-0.3, -0.25) is 19.7 Å². The zero-order valence-electron chi connectivity index (χ0n) is 13.2. The molecule has 1 aliphatic carbocycles. The van der Waals surface area contributed by atoms with Gasteiger partial charge in [0.2, 0.25) is 0 Å². The lowest BCUT2D eigenvalue weighted by molar-refractivity contribution is -0.384. The fraction of sp³-hybridized carbons (Fsp3) is 0.500. The number of hydrogen-bond donors (Lipinski definition) is 3. The van der Waals surface area contributed by atoms with Crippen LogP contribution in [0.5, 0.6) is 0 Å². The van der Waals surface area contributed by atoms with E-state index in [9.17, 15) is 24.8 Å². The number of benzene rings is 1. The molecule has 1 saturated carbocycles. The molecule has 2 rings (SSSR count). The van der Waals surface area contributed by atoms with Gasteiger partial charge in [-0.1, -0.05) is 19.3 Å². The molecular weight excluding hydrogens is 314 g/mol. The van der Waals surface area contributed by atoms with Crippen LogP contribution in [0.1, 0.15) is 32.1 Å². The Hall–Kier alpha value is -2.48. The molecule has 0 aromatic heterocycles. The van der Waals surface area contributed by atoms with Crippen LogP contribution in [0.3, 0.4) is 0 Å². The molecule has 0 radical (unpaired) electrons. The lowest BCUT2D eigenvalue weighted by atomic mass is 9.85. The highest BCUT2D eigenvalue weighted by molar-refractivity contribution is 6.39. The predicted molar refractivity (Wildman–Crippen MR) is 87.3 cm³/mol. The summed E-state index contributed by atoms with van der Waals surface area (Å²) in [4.78, 5) is 33.6. The van der Waals surface area contributed by atoms with Gasteiger partial charge in [0.1, 0.15) is 0 Å². The van der Waals surface area contributed by atoms with E-state index in [1.54, 1.807) is 0 Å². The van der Waals surface area contributed by atoms with Gasteiger partial charge >= 0.3 is 11.8 Å². The van der Waals surface area contributed by atoms with Gasteiger partial charge in [-0.2, -0.15) is 0 Å². The van der Waals surface area contributed by atoms with Crippen LogP contribution >= 0.6 is 0 Å². The summed E-state index contributed by atoms with van der Waals surface area (Å²) in [7, 11) is 0. The molecule has 1 aromatic rings. The number of nitro groups is 1. The van der Waals surface area contributed by atoms with Crippen molar-refractivity contribution in [3.8, 4) is 0 Å². The van der Waals surface area contributed by atoms with Crippen LogP contribution in [0.15, 0.2) is 24.3 Å². The van der Waals surface area contributed by atoms with Crippen LogP contribution < -0.4 is 10.6 Å². The second-order valence-corrected chi connectivity index (χ2v) is 5.93. The van der Waals surface area contributed by atoms with E-state index < -0.39 is 22.8 Å². The van der Waals surface area contributed by atoms with E-state index in [0.29, 0.717) is 0 Å². The molecule has 3 N–H and O–H groups in total. The minimum Gasteiger partial charge on any atom is -0.391 e. The number of nitrogens with zero attached hydrogens (tertiary/aromatic N) is 1. The van der Waals surface area contributed by atoms with Gasteiger partial charge < -0.3 is 15.7 Å². The first-order valence-electron chi connectivity index (χ1n) is 7.99. The maximum absolute atomic E-state index is 11.8. The second-order valence-electron chi connectivity index (χ2n) is 5.93. The minimum absolute atomic E-state index is 0.0389. The molecule has 8 nitrogen and oxygen atoms in total. The van der Waals surface area contributed by atoms with Gasteiger partial charge in [0, 0.05) is 24.4 Å². The Morgan fingerprint density at radius 2 is 1.79 bits per heavy atom. The third-order valence-electron chi connectivity index (χ3n) is 4.21. The topological polar surface area (TPSA) is 122 Å². The summed E-state index contributed by atoms with van der Waals surface area (Å²) in [5.74, 6) is -1.56. The second kappa shape index (κ2) is 8.39. The van der Waals surface area contributed by atoms with E-state index in [2.05, 4.69) is 10.6 Å². The van der Waals surface area contributed by atoms with E-state index in [1.165, 1.54) is 30.7 Å². The number of rotatable bonds is 5. The van der Waals surface area contributed by atoms with Crippen molar-refractivity contribution in [3.05, 3.63) is 34.4 Å². The van der Waals surface area contributed by atoms with Crippen LogP contribution in [0.25, 0.3) is 0 Å². The number of amides is 2. The lowest BCUT2D eigenvalue weighted by Crippen LogP contribution is -2.42. The van der Waals surface area contributed by atoms with Crippen molar-refractivity contribution in [3.63, 3.8) is 0 Å². The van der Waals surface area contributed by atoms with E-state index in [1.807, 2.05) is 0 Å². The quantitative estimate of drug-likeness (QED) is 0.428. The number of aliphatic hydroxyl groups is 1. The summed E-state index contributed by atoms with van der Waals surface area (Å²) in [5.41, 5.74) is 0.182. The van der Waals surface area contributed by atoms with Gasteiger partial charge in [-0.05, 0) is 30.9 Å². The first kappa shape index (κ1) is 17.9. The predicted octanol–water partition coefficient (Wildman–Crippen LogP) is 1.59. The van der Waals surface area contributed by atoms with Crippen molar-refractivity contribution in [2.75, 3.05) is 11.9 Å². The summed E-state index contributed by atoms with van der Waals surface area (Å²) >= 11 is 0. The Labute approximate surface area is 139 Å². The summed E-state index contributed by atoms with van der Waals surface area (Å²) in [5, 5.41) is 25.4. The Morgan fingerprint density at radius 3 is 2.38 bits per heavy atom. The molecule has 130 valence electrons. The number of carbonyl (C=O) groups excluding carboxylic acids is 2. The molecule has 1 fully saturated rings. The number of carbonyl (C=O) groups is 2. The third kappa shape index (κ3) is 5.02. The van der Waals surface area contributed by atoms with Crippen LogP contribution in [0, 0.1) is 16.0 Å². The smallest absolute Gasteiger partial charge is 0.313 e. The number of nitro benzene ring substituents is 1. The van der Waals surface area contributed by atoms with Crippen molar-refractivity contribution in [1.82, 2.24) is 5.32 Å². The largest absolute Gasteiger partial charge is 0.391 e. The fourth-order valence-electron chi connectivity index (χ4n) is 2.82. The molecule has 24 heavy (non-hydrogen) atoms. The number of hydrogen-bond acceptors (Lipinski definition) is 5. The Morgan fingerprint density at radius 1 is 1.17 bits per heavy atom. The average molecular weight is 335 g/mol. The minimum atomic E-state index is -0.875. The maximum atomic E-state index is 11.8. The van der Waals surface area contributed by atoms with Crippen molar-refractivity contribution in [1.29, 1.82) is 0 Å². The monoisotopic (exact) mass is 335 g/mol.